The molecule has 0 aliphatic carbocycles. The van der Waals surface area contributed by atoms with Crippen LogP contribution in [0.25, 0.3) is 0 Å². The van der Waals surface area contributed by atoms with Crippen molar-refractivity contribution in [3.05, 3.63) is 5.69 Å². The van der Waals surface area contributed by atoms with E-state index >= 15 is 0 Å². The summed E-state index contributed by atoms with van der Waals surface area (Å²) in [4.78, 5) is 11.4. The zero-order valence-electron chi connectivity index (χ0n) is 9.64. The zero-order valence-corrected chi connectivity index (χ0v) is 9.64. The van der Waals surface area contributed by atoms with Crippen molar-refractivity contribution in [1.82, 2.24) is 15.6 Å². The predicted octanol–water partition coefficient (Wildman–Crippen LogP) is -0.565. The number of hydrogen-bond acceptors (Lipinski definition) is 7. The number of nitrogens with zero attached hydrogens (tertiary/aromatic N) is 2. The Morgan fingerprint density at radius 1 is 1.41 bits per heavy atom. The van der Waals surface area contributed by atoms with E-state index in [1.165, 1.54) is 0 Å². The van der Waals surface area contributed by atoms with Crippen LogP contribution < -0.4 is 11.1 Å². The highest BCUT2D eigenvalue weighted by Crippen LogP contribution is 2.02. The minimum absolute atomic E-state index is 0.00491. The van der Waals surface area contributed by atoms with Gasteiger partial charge in [0.2, 0.25) is 11.5 Å². The lowest BCUT2D eigenvalue weighted by Gasteiger charge is -2.04. The summed E-state index contributed by atoms with van der Waals surface area (Å²) in [7, 11) is 1.61. The number of nitrogen functional groups attached to an aromatic ring is 1. The molecule has 0 fully saturated rings. The predicted molar refractivity (Wildman–Crippen MR) is 58.4 cm³/mol. The number of nitrogens with two attached hydrogens (primary N) is 1. The third-order valence-corrected chi connectivity index (χ3v) is 1.91. The van der Waals surface area contributed by atoms with Crippen molar-refractivity contribution < 1.29 is 18.9 Å². The molecule has 1 amide bonds. The molecule has 0 saturated carbocycles. The molecule has 0 saturated heterocycles. The van der Waals surface area contributed by atoms with E-state index in [1.807, 2.05) is 0 Å². The standard InChI is InChI=1S/C9H16N4O4/c1-15-5-6-16-4-2-3-11-9(14)7-8(10)13-17-12-7/h2-6H2,1H3,(H2,10,13)(H,11,14). The molecule has 1 aromatic heterocycles. The van der Waals surface area contributed by atoms with Gasteiger partial charge in [-0.25, -0.2) is 4.63 Å². The van der Waals surface area contributed by atoms with E-state index in [4.69, 9.17) is 15.2 Å². The topological polar surface area (TPSA) is 112 Å². The lowest BCUT2D eigenvalue weighted by atomic mass is 10.4. The van der Waals surface area contributed by atoms with Gasteiger partial charge in [0, 0.05) is 20.3 Å². The summed E-state index contributed by atoms with van der Waals surface area (Å²) in [5, 5.41) is 9.32. The van der Waals surface area contributed by atoms with Gasteiger partial charge in [0.15, 0.2) is 0 Å². The molecule has 1 heterocycles. The third-order valence-electron chi connectivity index (χ3n) is 1.91. The maximum absolute atomic E-state index is 11.4. The summed E-state index contributed by atoms with van der Waals surface area (Å²) in [6.07, 6.45) is 0.695. The third kappa shape index (κ3) is 4.79. The Balaban J connectivity index is 2.07. The van der Waals surface area contributed by atoms with Crippen LogP contribution in [0.2, 0.25) is 0 Å². The molecule has 0 bridgehead atoms. The van der Waals surface area contributed by atoms with E-state index in [2.05, 4.69) is 20.3 Å². The highest BCUT2D eigenvalue weighted by Gasteiger charge is 2.14. The molecule has 1 rings (SSSR count). The Kier molecular flexibility index (Phi) is 5.97. The maximum Gasteiger partial charge on any atom is 0.277 e. The van der Waals surface area contributed by atoms with E-state index in [0.717, 1.165) is 0 Å². The largest absolute Gasteiger partial charge is 0.382 e. The quantitative estimate of drug-likeness (QED) is 0.589. The van der Waals surface area contributed by atoms with Gasteiger partial charge in [-0.2, -0.15) is 0 Å². The average Bonchev–Trinajstić information content (AvgIpc) is 2.74. The van der Waals surface area contributed by atoms with Gasteiger partial charge in [-0.15, -0.1) is 0 Å². The first-order valence-electron chi connectivity index (χ1n) is 5.18. The van der Waals surface area contributed by atoms with E-state index in [0.29, 0.717) is 32.8 Å². The lowest BCUT2D eigenvalue weighted by Crippen LogP contribution is -2.26. The molecular formula is C9H16N4O4. The summed E-state index contributed by atoms with van der Waals surface area (Å²) in [6, 6.07) is 0. The molecule has 8 nitrogen and oxygen atoms in total. The summed E-state index contributed by atoms with van der Waals surface area (Å²) in [5.74, 6) is -0.417. The number of methoxy groups -OCH3 is 1. The summed E-state index contributed by atoms with van der Waals surface area (Å²) in [6.45, 7) is 2.13. The number of carbonyl (C=O) groups excluding carboxylic acids is 1. The van der Waals surface area contributed by atoms with Gasteiger partial charge in [-0.3, -0.25) is 4.79 Å². The Bertz CT molecular complexity index is 341. The van der Waals surface area contributed by atoms with Crippen molar-refractivity contribution in [2.45, 2.75) is 6.42 Å². The number of nitrogens with one attached hydrogen (secondary N) is 1. The maximum atomic E-state index is 11.4. The first kappa shape index (κ1) is 13.4. The second-order valence-corrected chi connectivity index (χ2v) is 3.21. The molecule has 0 radical (unpaired) electrons. The molecule has 0 atom stereocenters. The Morgan fingerprint density at radius 3 is 2.88 bits per heavy atom. The van der Waals surface area contributed by atoms with Crippen LogP contribution in [-0.2, 0) is 9.47 Å². The van der Waals surface area contributed by atoms with Crippen LogP contribution in [0, 0.1) is 0 Å². The molecule has 0 aliphatic rings. The number of anilines is 1. The van der Waals surface area contributed by atoms with Crippen LogP contribution in [0.1, 0.15) is 16.9 Å². The van der Waals surface area contributed by atoms with Gasteiger partial charge in [0.25, 0.3) is 5.91 Å². The monoisotopic (exact) mass is 244 g/mol. The van der Waals surface area contributed by atoms with Gasteiger partial charge >= 0.3 is 0 Å². The Morgan fingerprint density at radius 2 is 2.24 bits per heavy atom. The SMILES string of the molecule is COCCOCCCNC(=O)c1nonc1N. The average molecular weight is 244 g/mol. The number of aromatic nitrogens is 2. The second-order valence-electron chi connectivity index (χ2n) is 3.21. The molecule has 3 N–H and O–H groups in total. The summed E-state index contributed by atoms with van der Waals surface area (Å²) >= 11 is 0. The van der Waals surface area contributed by atoms with Crippen LogP contribution in [0.4, 0.5) is 5.82 Å². The number of amides is 1. The van der Waals surface area contributed by atoms with Crippen molar-refractivity contribution in [1.29, 1.82) is 0 Å². The molecule has 0 unspecified atom stereocenters. The normalized spacial score (nSPS) is 10.4. The van der Waals surface area contributed by atoms with Crippen molar-refractivity contribution in [2.75, 3.05) is 39.2 Å². The van der Waals surface area contributed by atoms with E-state index in [9.17, 15) is 4.79 Å². The number of ether oxygens (including phenoxy) is 2. The number of hydrogen-bond donors (Lipinski definition) is 2. The van der Waals surface area contributed by atoms with E-state index in [-0.39, 0.29) is 11.5 Å². The highest BCUT2D eigenvalue weighted by molar-refractivity contribution is 5.95. The smallest absolute Gasteiger partial charge is 0.277 e. The Hall–Kier alpha value is -1.67. The molecular weight excluding hydrogens is 228 g/mol. The van der Waals surface area contributed by atoms with Crippen molar-refractivity contribution in [3.63, 3.8) is 0 Å². The molecule has 0 spiro atoms. The second kappa shape index (κ2) is 7.58. The van der Waals surface area contributed by atoms with Crippen molar-refractivity contribution >= 4 is 11.7 Å². The highest BCUT2D eigenvalue weighted by atomic mass is 16.6. The van der Waals surface area contributed by atoms with Gasteiger partial charge in [0.05, 0.1) is 13.2 Å². The first-order chi connectivity index (χ1) is 8.25. The summed E-state index contributed by atoms with van der Waals surface area (Å²) < 4.78 is 14.4. The van der Waals surface area contributed by atoms with Crippen LogP contribution >= 0.6 is 0 Å². The molecule has 1 aromatic rings. The number of carbonyl (C=O) groups is 1. The minimum atomic E-state index is -0.402. The minimum Gasteiger partial charge on any atom is -0.382 e. The summed E-state index contributed by atoms with van der Waals surface area (Å²) in [5.41, 5.74) is 5.36. The Labute approximate surface area is 98.4 Å². The van der Waals surface area contributed by atoms with Gasteiger partial charge in [-0.1, -0.05) is 0 Å². The van der Waals surface area contributed by atoms with E-state index in [1.54, 1.807) is 7.11 Å². The molecule has 8 heteroatoms. The van der Waals surface area contributed by atoms with Crippen LogP contribution in [-0.4, -0.2) is 49.7 Å². The molecule has 17 heavy (non-hydrogen) atoms. The fourth-order valence-corrected chi connectivity index (χ4v) is 1.06. The van der Waals surface area contributed by atoms with Crippen LogP contribution in [0.15, 0.2) is 4.63 Å². The fourth-order valence-electron chi connectivity index (χ4n) is 1.06. The van der Waals surface area contributed by atoms with Crippen molar-refractivity contribution in [3.8, 4) is 0 Å². The molecule has 0 aliphatic heterocycles. The van der Waals surface area contributed by atoms with Gasteiger partial charge in [-0.05, 0) is 16.7 Å². The van der Waals surface area contributed by atoms with Gasteiger partial charge < -0.3 is 20.5 Å². The number of rotatable bonds is 8. The van der Waals surface area contributed by atoms with Crippen molar-refractivity contribution in [2.24, 2.45) is 0 Å². The van der Waals surface area contributed by atoms with Gasteiger partial charge in [0.1, 0.15) is 0 Å². The molecule has 0 aromatic carbocycles. The lowest BCUT2D eigenvalue weighted by molar-refractivity contribution is 0.0688. The van der Waals surface area contributed by atoms with Crippen LogP contribution in [0.5, 0.6) is 0 Å². The fraction of sp³-hybridized carbons (Fsp3) is 0.667. The first-order valence-corrected chi connectivity index (χ1v) is 5.18. The molecule has 96 valence electrons. The van der Waals surface area contributed by atoms with Crippen LogP contribution in [0.3, 0.4) is 0 Å². The zero-order chi connectivity index (χ0) is 12.5. The van der Waals surface area contributed by atoms with E-state index < -0.39 is 5.91 Å².